The highest BCUT2D eigenvalue weighted by molar-refractivity contribution is 7.47. The van der Waals surface area contributed by atoms with E-state index in [2.05, 4.69) is 48.5 Å². The second-order valence-electron chi connectivity index (χ2n) is 29.9. The van der Waals surface area contributed by atoms with Crippen LogP contribution in [0.25, 0.3) is 0 Å². The summed E-state index contributed by atoms with van der Waals surface area (Å²) in [6.07, 6.45) is 56.9. The van der Waals surface area contributed by atoms with Crippen molar-refractivity contribution in [3.63, 3.8) is 0 Å². The molecule has 0 bridgehead atoms. The lowest BCUT2D eigenvalue weighted by atomic mass is 10.0. The highest BCUT2D eigenvalue weighted by Crippen LogP contribution is 2.45. The number of hydrogen-bond donors (Lipinski definition) is 3. The first-order valence-corrected chi connectivity index (χ1v) is 43.8. The quantitative estimate of drug-likeness (QED) is 0.0222. The van der Waals surface area contributed by atoms with Gasteiger partial charge in [0.15, 0.2) is 12.2 Å². The summed E-state index contributed by atoms with van der Waals surface area (Å²) < 4.78 is 68.6. The maximum atomic E-state index is 13.1. The molecule has 0 aromatic rings. The molecule has 0 aliphatic rings. The van der Waals surface area contributed by atoms with Crippen LogP contribution in [0.2, 0.25) is 0 Å². The Balaban J connectivity index is 5.21. The van der Waals surface area contributed by atoms with Crippen LogP contribution in [0.5, 0.6) is 0 Å². The molecule has 0 amide bonds. The summed E-state index contributed by atoms with van der Waals surface area (Å²) in [6.45, 7) is 12.0. The molecule has 0 aromatic carbocycles. The number of carbonyl (C=O) groups is 4. The van der Waals surface area contributed by atoms with Crippen molar-refractivity contribution in [3.05, 3.63) is 0 Å². The van der Waals surface area contributed by atoms with Gasteiger partial charge in [0.25, 0.3) is 0 Å². The minimum atomic E-state index is -4.96. The van der Waals surface area contributed by atoms with E-state index in [9.17, 15) is 43.2 Å². The first-order chi connectivity index (χ1) is 47.2. The smallest absolute Gasteiger partial charge is 0.462 e. The lowest BCUT2D eigenvalue weighted by Gasteiger charge is -2.21. The van der Waals surface area contributed by atoms with Gasteiger partial charge in [0.2, 0.25) is 0 Å². The summed E-state index contributed by atoms with van der Waals surface area (Å²) in [5.74, 6) is 0.266. The number of carbonyl (C=O) groups excluding carboxylic acids is 4. The van der Waals surface area contributed by atoms with Gasteiger partial charge >= 0.3 is 39.5 Å². The van der Waals surface area contributed by atoms with E-state index < -0.39 is 97.5 Å². The molecule has 0 aromatic heterocycles. The predicted molar refractivity (Wildman–Crippen MR) is 400 cm³/mol. The Labute approximate surface area is 600 Å². The monoisotopic (exact) mass is 1440 g/mol. The molecule has 0 heterocycles. The van der Waals surface area contributed by atoms with Crippen molar-refractivity contribution in [2.45, 2.75) is 426 Å². The van der Waals surface area contributed by atoms with E-state index in [4.69, 9.17) is 37.0 Å². The molecule has 3 N–H and O–H groups in total. The number of phosphoric ester groups is 2. The Kier molecular flexibility index (Phi) is 68.1. The number of aliphatic hydroxyl groups is 1. The second kappa shape index (κ2) is 69.4. The Morgan fingerprint density at radius 1 is 0.276 bits per heavy atom. The van der Waals surface area contributed by atoms with Gasteiger partial charge in [0, 0.05) is 25.7 Å². The number of ether oxygens (including phenoxy) is 4. The van der Waals surface area contributed by atoms with E-state index in [-0.39, 0.29) is 25.7 Å². The summed E-state index contributed by atoms with van der Waals surface area (Å²) in [5, 5.41) is 10.6. The average molecular weight is 1440 g/mol. The van der Waals surface area contributed by atoms with Gasteiger partial charge in [-0.2, -0.15) is 0 Å². The third kappa shape index (κ3) is 72.4. The molecule has 0 aliphatic heterocycles. The maximum absolute atomic E-state index is 13.1. The van der Waals surface area contributed by atoms with Crippen molar-refractivity contribution < 1.29 is 80.2 Å². The Morgan fingerprint density at radius 2 is 0.469 bits per heavy atom. The highest BCUT2D eigenvalue weighted by Gasteiger charge is 2.30. The van der Waals surface area contributed by atoms with Crippen LogP contribution in [0.3, 0.4) is 0 Å². The number of aliphatic hydroxyl groups excluding tert-OH is 1. The zero-order valence-electron chi connectivity index (χ0n) is 64.3. The van der Waals surface area contributed by atoms with Crippen LogP contribution in [0.15, 0.2) is 0 Å². The molecule has 0 radical (unpaired) electrons. The highest BCUT2D eigenvalue weighted by atomic mass is 31.2. The summed E-state index contributed by atoms with van der Waals surface area (Å²) in [5.41, 5.74) is 0. The topological polar surface area (TPSA) is 237 Å². The lowest BCUT2D eigenvalue weighted by molar-refractivity contribution is -0.161. The molecule has 0 fully saturated rings. The molecule has 0 saturated carbocycles. The number of rotatable bonds is 77. The number of esters is 4. The molecule has 17 nitrogen and oxygen atoms in total. The van der Waals surface area contributed by atoms with Crippen LogP contribution in [0.1, 0.15) is 408 Å². The van der Waals surface area contributed by atoms with Gasteiger partial charge in [-0.1, -0.05) is 357 Å². The van der Waals surface area contributed by atoms with Crippen LogP contribution in [0, 0.1) is 17.8 Å². The first kappa shape index (κ1) is 96.1. The Hall–Kier alpha value is -1.94. The molecule has 0 saturated heterocycles. The van der Waals surface area contributed by atoms with Crippen molar-refractivity contribution in [1.82, 2.24) is 0 Å². The zero-order chi connectivity index (χ0) is 72.3. The van der Waals surface area contributed by atoms with Crippen LogP contribution < -0.4 is 0 Å². The predicted octanol–water partition coefficient (Wildman–Crippen LogP) is 23.4. The zero-order valence-corrected chi connectivity index (χ0v) is 66.0. The van der Waals surface area contributed by atoms with Gasteiger partial charge in [0.05, 0.1) is 26.4 Å². The van der Waals surface area contributed by atoms with E-state index in [1.807, 2.05) is 0 Å². The normalized spacial score (nSPS) is 14.0. The van der Waals surface area contributed by atoms with Crippen LogP contribution in [-0.4, -0.2) is 96.7 Å². The van der Waals surface area contributed by atoms with E-state index in [1.54, 1.807) is 0 Å². The van der Waals surface area contributed by atoms with Crippen LogP contribution in [0.4, 0.5) is 0 Å². The fourth-order valence-electron chi connectivity index (χ4n) is 12.1. The maximum Gasteiger partial charge on any atom is 0.472 e. The third-order valence-corrected chi connectivity index (χ3v) is 20.3. The minimum absolute atomic E-state index is 0.107. The average Bonchev–Trinajstić information content (AvgIpc) is 1.03. The molecular weight excluding hydrogens is 1280 g/mol. The van der Waals surface area contributed by atoms with Crippen molar-refractivity contribution in [2.75, 3.05) is 39.6 Å². The van der Waals surface area contributed by atoms with Crippen molar-refractivity contribution in [2.24, 2.45) is 17.8 Å². The van der Waals surface area contributed by atoms with E-state index >= 15 is 0 Å². The molecule has 582 valence electrons. The lowest BCUT2D eigenvalue weighted by Crippen LogP contribution is -2.30. The van der Waals surface area contributed by atoms with Gasteiger partial charge in [0.1, 0.15) is 19.3 Å². The first-order valence-electron chi connectivity index (χ1n) is 40.8. The number of hydrogen-bond acceptors (Lipinski definition) is 15. The fourth-order valence-corrected chi connectivity index (χ4v) is 13.7. The number of unbranched alkanes of at least 4 members (excludes halogenated alkanes) is 45. The molecule has 19 heteroatoms. The molecule has 5 atom stereocenters. The molecule has 2 unspecified atom stereocenters. The summed E-state index contributed by atoms with van der Waals surface area (Å²) in [6, 6.07) is 0. The molecule has 0 spiro atoms. The summed E-state index contributed by atoms with van der Waals surface area (Å²) >= 11 is 0. The molecule has 0 rings (SSSR count). The van der Waals surface area contributed by atoms with Crippen molar-refractivity contribution >= 4 is 39.5 Å². The summed E-state index contributed by atoms with van der Waals surface area (Å²) in [4.78, 5) is 72.9. The van der Waals surface area contributed by atoms with Crippen LogP contribution >= 0.6 is 15.6 Å². The Morgan fingerprint density at radius 3 is 0.694 bits per heavy atom. The van der Waals surface area contributed by atoms with Crippen LogP contribution in [-0.2, 0) is 65.4 Å². The molecule has 0 aliphatic carbocycles. The van der Waals surface area contributed by atoms with E-state index in [0.29, 0.717) is 25.7 Å². The van der Waals surface area contributed by atoms with Gasteiger partial charge in [-0.25, -0.2) is 9.13 Å². The second-order valence-corrected chi connectivity index (χ2v) is 32.8. The van der Waals surface area contributed by atoms with Crippen molar-refractivity contribution in [1.29, 1.82) is 0 Å². The largest absolute Gasteiger partial charge is 0.472 e. The number of phosphoric acid groups is 2. The third-order valence-electron chi connectivity index (χ3n) is 18.4. The van der Waals surface area contributed by atoms with Gasteiger partial charge in [-0.3, -0.25) is 37.3 Å². The summed E-state index contributed by atoms with van der Waals surface area (Å²) in [7, 11) is -9.91. The van der Waals surface area contributed by atoms with Gasteiger partial charge in [-0.15, -0.1) is 0 Å². The van der Waals surface area contributed by atoms with Crippen molar-refractivity contribution in [3.8, 4) is 0 Å². The fraction of sp³-hybridized carbons (Fsp3) is 0.949. The SMILES string of the molecule is CCCCCCCCCCC(=O)OC[C@H](COP(=O)(O)OC[C@H](O)COP(=O)(O)OC[C@@H](COC(=O)CCCCCCCCCCCCCCCC(C)C)OC(=O)CCCCCCCCCCCCCCCCCC(C)C)OC(=O)CCCCCCCCCCCCCCCC(C)C. The standard InChI is InChI=1S/C79H154O17P2/c1-8-9-10-11-12-39-46-53-60-76(81)89-66-74(95-78(83)63-56-49-42-35-29-23-17-20-26-32-38-45-52-59-72(6)7)68-93-97(85,86)91-64-73(80)65-92-98(87,88)94-69-75(67-90-77(82)61-54-47-40-33-27-22-16-19-25-31-37-44-51-58-71(4)5)96-79(84)62-55-48-41-34-28-21-15-13-14-18-24-30-36-43-50-57-70(2)3/h70-75,80H,8-69H2,1-7H3,(H,85,86)(H,87,88)/t73-,74+,75+/m0/s1. The van der Waals surface area contributed by atoms with E-state index in [1.165, 1.54) is 212 Å². The Bertz CT molecular complexity index is 1900. The van der Waals surface area contributed by atoms with Gasteiger partial charge < -0.3 is 33.8 Å². The van der Waals surface area contributed by atoms with E-state index in [0.717, 1.165) is 114 Å². The molecular formula is C79H154O17P2. The van der Waals surface area contributed by atoms with Gasteiger partial charge in [-0.05, 0) is 43.4 Å². The minimum Gasteiger partial charge on any atom is -0.462 e. The molecule has 98 heavy (non-hydrogen) atoms.